The Morgan fingerprint density at radius 2 is 1.81 bits per heavy atom. The van der Waals surface area contributed by atoms with Crippen LogP contribution in [0.3, 0.4) is 0 Å². The van der Waals surface area contributed by atoms with Crippen molar-refractivity contribution < 1.29 is 43.7 Å². The second-order valence-electron chi connectivity index (χ2n) is 16.2. The summed E-state index contributed by atoms with van der Waals surface area (Å²) >= 11 is 0. The van der Waals surface area contributed by atoms with Gasteiger partial charge in [-0.25, -0.2) is 4.79 Å². The fourth-order valence-corrected chi connectivity index (χ4v) is 8.63. The molecule has 0 bridgehead atoms. The van der Waals surface area contributed by atoms with Crippen LogP contribution in [0.2, 0.25) is 0 Å². The Balaban J connectivity index is 1.78. The molecule has 5 rings (SSSR count). The molecule has 13 heteroatoms. The SMILES string of the molecule is C=CCCOC(=O)N(CCC)[C@H]1CC(=NOC(C)(C)C)C2=C[C@H](CCCCO)[C@@H](CCCCO)[C@@H]3c4cc(Oc5cccc([N+](=O)[O-])c5)ccc4O[C@@]1(OCC=C)[C@H]23. The van der Waals surface area contributed by atoms with E-state index in [2.05, 4.69) is 19.2 Å². The van der Waals surface area contributed by atoms with Crippen LogP contribution in [0.25, 0.3) is 0 Å². The third kappa shape index (κ3) is 10.3. The van der Waals surface area contributed by atoms with Crippen molar-refractivity contribution in [3.05, 3.63) is 95.1 Å². The van der Waals surface area contributed by atoms with Crippen LogP contribution >= 0.6 is 0 Å². The lowest BCUT2D eigenvalue weighted by Crippen LogP contribution is -2.70. The van der Waals surface area contributed by atoms with Crippen molar-refractivity contribution in [2.45, 2.75) is 109 Å². The number of fused-ring (bicyclic) bond motifs is 2. The molecule has 1 amide bonds. The average Bonchev–Trinajstić information content (AvgIpc) is 3.19. The van der Waals surface area contributed by atoms with Gasteiger partial charge in [0.2, 0.25) is 5.79 Å². The fourth-order valence-electron chi connectivity index (χ4n) is 8.63. The molecule has 0 radical (unpaired) electrons. The molecule has 0 spiro atoms. The molecular weight excluding hydrogens is 743 g/mol. The number of allylic oxidation sites excluding steroid dienone is 1. The minimum Gasteiger partial charge on any atom is -0.459 e. The number of nitro benzene ring substituents is 1. The van der Waals surface area contributed by atoms with Crippen LogP contribution < -0.4 is 9.47 Å². The molecule has 3 aliphatic rings. The van der Waals surface area contributed by atoms with E-state index < -0.39 is 34.4 Å². The summed E-state index contributed by atoms with van der Waals surface area (Å²) < 4.78 is 26.4. The summed E-state index contributed by atoms with van der Waals surface area (Å²) in [6.45, 7) is 16.4. The summed E-state index contributed by atoms with van der Waals surface area (Å²) in [5.74, 6) is -0.824. The largest absolute Gasteiger partial charge is 0.459 e. The van der Waals surface area contributed by atoms with E-state index in [1.807, 2.05) is 39.8 Å². The first kappa shape index (κ1) is 44.4. The Hall–Kier alpha value is -4.72. The van der Waals surface area contributed by atoms with Crippen molar-refractivity contribution in [1.82, 2.24) is 4.90 Å². The van der Waals surface area contributed by atoms with Gasteiger partial charge < -0.3 is 34.0 Å². The van der Waals surface area contributed by atoms with Crippen LogP contribution in [-0.2, 0) is 14.3 Å². The quantitative estimate of drug-likeness (QED) is 0.0538. The van der Waals surface area contributed by atoms with Crippen LogP contribution in [0.1, 0.15) is 97.0 Å². The van der Waals surface area contributed by atoms with Crippen LogP contribution in [0.5, 0.6) is 17.2 Å². The lowest BCUT2D eigenvalue weighted by molar-refractivity contribution is -0.384. The van der Waals surface area contributed by atoms with E-state index in [-0.39, 0.29) is 56.3 Å². The van der Waals surface area contributed by atoms with Crippen molar-refractivity contribution in [3.63, 3.8) is 0 Å². The molecule has 0 saturated heterocycles. The first-order valence-corrected chi connectivity index (χ1v) is 20.6. The zero-order valence-corrected chi connectivity index (χ0v) is 34.5. The highest BCUT2D eigenvalue weighted by atomic mass is 16.7. The Bertz CT molecular complexity index is 1800. The Kier molecular flexibility index (Phi) is 15.5. The Labute approximate surface area is 342 Å². The number of oxime groups is 1. The van der Waals surface area contributed by atoms with Gasteiger partial charge in [0.25, 0.3) is 5.69 Å². The number of nitrogens with zero attached hydrogens (tertiary/aromatic N) is 3. The van der Waals surface area contributed by atoms with Gasteiger partial charge >= 0.3 is 6.09 Å². The number of aliphatic hydroxyl groups is 2. The molecule has 1 heterocycles. The molecule has 0 unspecified atom stereocenters. The number of hydrogen-bond acceptors (Lipinski definition) is 11. The number of unbranched alkanes of at least 4 members (excludes halogenated alkanes) is 2. The smallest absolute Gasteiger partial charge is 0.410 e. The molecule has 1 fully saturated rings. The molecule has 13 nitrogen and oxygen atoms in total. The van der Waals surface area contributed by atoms with Gasteiger partial charge in [0.1, 0.15) is 28.9 Å². The second kappa shape index (κ2) is 20.3. The highest BCUT2D eigenvalue weighted by Gasteiger charge is 2.65. The lowest BCUT2D eigenvalue weighted by Gasteiger charge is -2.60. The molecular formula is C45H61N3O10. The molecule has 6 atom stereocenters. The average molecular weight is 804 g/mol. The maximum Gasteiger partial charge on any atom is 0.410 e. The lowest BCUT2D eigenvalue weighted by atomic mass is 9.55. The normalized spacial score (nSPS) is 24.1. The van der Waals surface area contributed by atoms with Gasteiger partial charge in [0.15, 0.2) is 0 Å². The van der Waals surface area contributed by atoms with Crippen LogP contribution in [0.4, 0.5) is 10.5 Å². The number of amides is 1. The van der Waals surface area contributed by atoms with Crippen molar-refractivity contribution in [3.8, 4) is 17.2 Å². The van der Waals surface area contributed by atoms with Crippen LogP contribution in [0, 0.1) is 27.9 Å². The molecule has 2 aromatic rings. The third-order valence-electron chi connectivity index (χ3n) is 11.0. The summed E-state index contributed by atoms with van der Waals surface area (Å²) in [4.78, 5) is 33.2. The second-order valence-corrected chi connectivity index (χ2v) is 16.2. The predicted molar refractivity (Wildman–Crippen MR) is 222 cm³/mol. The number of hydrogen-bond donors (Lipinski definition) is 2. The van der Waals surface area contributed by atoms with Gasteiger partial charge in [0, 0.05) is 43.7 Å². The number of rotatable bonds is 21. The number of aliphatic hydroxyl groups excluding tert-OH is 2. The minimum atomic E-state index is -1.43. The van der Waals surface area contributed by atoms with Crippen molar-refractivity contribution in [2.75, 3.05) is 33.0 Å². The van der Waals surface area contributed by atoms with Gasteiger partial charge in [0.05, 0.1) is 35.8 Å². The molecule has 2 N–H and O–H groups in total. The first-order valence-electron chi connectivity index (χ1n) is 20.6. The van der Waals surface area contributed by atoms with E-state index in [0.29, 0.717) is 55.2 Å². The van der Waals surface area contributed by atoms with E-state index >= 15 is 0 Å². The standard InChI is InChI=1S/C45H61N3O10/c1-7-10-26-54-43(51)47(22-8-2)40-30-38(46-58-44(4,5)6)36-27-31(16-11-13-23-49)35(19-12-14-24-50)41-37-29-34(56-33-18-15-17-32(28-33)48(52)53)20-21-39(37)57-45(40,42(36)41)55-25-9-3/h7,9,15,17-18,20-21,27-29,31,35,40-42,49-50H,1,3,8,10-14,16,19,22-26,30H2,2,4-6H3/t31-,35+,40-,41+,42+,45+/m0/s1. The zero-order valence-electron chi connectivity index (χ0n) is 34.5. The van der Waals surface area contributed by atoms with Gasteiger partial charge in [-0.15, -0.1) is 13.2 Å². The van der Waals surface area contributed by atoms with Gasteiger partial charge in [-0.05, 0) is 101 Å². The van der Waals surface area contributed by atoms with E-state index in [1.54, 1.807) is 35.3 Å². The number of non-ortho nitro benzene ring substituents is 1. The number of benzene rings is 2. The molecule has 316 valence electrons. The first-order chi connectivity index (χ1) is 27.9. The predicted octanol–water partition coefficient (Wildman–Crippen LogP) is 9.24. The van der Waals surface area contributed by atoms with E-state index in [9.17, 15) is 25.1 Å². The molecule has 0 aromatic heterocycles. The summed E-state index contributed by atoms with van der Waals surface area (Å²) in [7, 11) is 0. The Morgan fingerprint density at radius 3 is 2.48 bits per heavy atom. The summed E-state index contributed by atoms with van der Waals surface area (Å²) in [5, 5.41) is 36.2. The van der Waals surface area contributed by atoms with Crippen molar-refractivity contribution in [1.29, 1.82) is 0 Å². The fraction of sp³-hybridized carbons (Fsp3) is 0.556. The number of ether oxygens (including phenoxy) is 4. The maximum atomic E-state index is 14.2. The van der Waals surface area contributed by atoms with E-state index in [4.69, 9.17) is 28.9 Å². The highest BCUT2D eigenvalue weighted by molar-refractivity contribution is 6.03. The molecule has 2 aromatic carbocycles. The monoisotopic (exact) mass is 803 g/mol. The topological polar surface area (TPSA) is 162 Å². The van der Waals surface area contributed by atoms with Gasteiger partial charge in [-0.2, -0.15) is 0 Å². The van der Waals surface area contributed by atoms with Crippen LogP contribution in [0.15, 0.2) is 84.6 Å². The zero-order chi connectivity index (χ0) is 41.9. The number of carbonyl (C=O) groups is 1. The van der Waals surface area contributed by atoms with Gasteiger partial charge in [-0.1, -0.05) is 49.2 Å². The molecule has 1 saturated carbocycles. The summed E-state index contributed by atoms with van der Waals surface area (Å²) in [6.07, 6.45) is 11.0. The van der Waals surface area contributed by atoms with Gasteiger partial charge in [-0.3, -0.25) is 15.0 Å². The minimum absolute atomic E-state index is 0.00381. The highest BCUT2D eigenvalue weighted by Crippen LogP contribution is 2.62. The van der Waals surface area contributed by atoms with E-state index in [0.717, 1.165) is 36.8 Å². The van der Waals surface area contributed by atoms with Crippen LogP contribution in [-0.4, -0.2) is 82.2 Å². The van der Waals surface area contributed by atoms with Crippen molar-refractivity contribution >= 4 is 17.5 Å². The molecule has 1 aliphatic heterocycles. The third-order valence-corrected chi connectivity index (χ3v) is 11.0. The summed E-state index contributed by atoms with van der Waals surface area (Å²) in [6, 6.07) is 10.9. The van der Waals surface area contributed by atoms with Crippen molar-refractivity contribution in [2.24, 2.45) is 22.9 Å². The molecule has 2 aliphatic carbocycles. The number of nitro groups is 1. The molecule has 58 heavy (non-hydrogen) atoms. The Morgan fingerprint density at radius 1 is 1.07 bits per heavy atom. The number of carbonyl (C=O) groups excluding carboxylic acids is 1. The summed E-state index contributed by atoms with van der Waals surface area (Å²) in [5.41, 5.74) is 1.76. The maximum absolute atomic E-state index is 14.2. The van der Waals surface area contributed by atoms with E-state index in [1.165, 1.54) is 12.1 Å².